The molecule has 1 atom stereocenters. The maximum Gasteiger partial charge on any atom is 0.108 e. The monoisotopic (exact) mass is 280 g/mol. The largest absolute Gasteiger partial charge is 0.378 e. The van der Waals surface area contributed by atoms with Gasteiger partial charge in [-0.1, -0.05) is 25.5 Å². The Kier molecular flexibility index (Phi) is 5.98. The van der Waals surface area contributed by atoms with Gasteiger partial charge in [-0.3, -0.25) is 0 Å². The van der Waals surface area contributed by atoms with Crippen molar-refractivity contribution in [3.05, 3.63) is 11.9 Å². The van der Waals surface area contributed by atoms with E-state index in [4.69, 9.17) is 4.74 Å². The summed E-state index contributed by atoms with van der Waals surface area (Å²) in [6, 6.07) is 0.505. The Morgan fingerprint density at radius 2 is 2.15 bits per heavy atom. The molecule has 0 saturated carbocycles. The van der Waals surface area contributed by atoms with Crippen LogP contribution in [0.1, 0.15) is 51.3 Å². The van der Waals surface area contributed by atoms with Gasteiger partial charge in [0.25, 0.3) is 0 Å². The Bertz CT molecular complexity index is 385. The lowest BCUT2D eigenvalue weighted by atomic mass is 10.0. The minimum atomic E-state index is 0.505. The Balaban J connectivity index is 1.78. The number of rotatable bonds is 7. The van der Waals surface area contributed by atoms with Crippen molar-refractivity contribution in [2.75, 3.05) is 26.7 Å². The molecule has 1 aliphatic heterocycles. The molecule has 0 N–H and O–H groups in total. The SMILES string of the molecule is CCC[C@H](C)CN1CCC(n2cc(COC)nn2)CC1. The molecule has 2 rings (SSSR count). The fraction of sp³-hybridized carbons (Fsp3) is 0.867. The average Bonchev–Trinajstić information content (AvgIpc) is 2.89. The van der Waals surface area contributed by atoms with Crippen LogP contribution in [0, 0.1) is 5.92 Å². The summed E-state index contributed by atoms with van der Waals surface area (Å²) in [6.45, 7) is 8.78. The van der Waals surface area contributed by atoms with Crippen LogP contribution in [-0.2, 0) is 11.3 Å². The van der Waals surface area contributed by atoms with E-state index in [0.29, 0.717) is 12.6 Å². The van der Waals surface area contributed by atoms with Gasteiger partial charge >= 0.3 is 0 Å². The molecule has 1 aromatic heterocycles. The fourth-order valence-corrected chi connectivity index (χ4v) is 3.10. The summed E-state index contributed by atoms with van der Waals surface area (Å²) >= 11 is 0. The van der Waals surface area contributed by atoms with Crippen LogP contribution in [0.25, 0.3) is 0 Å². The predicted octanol–water partition coefficient (Wildman–Crippen LogP) is 2.50. The van der Waals surface area contributed by atoms with E-state index in [1.807, 2.05) is 10.9 Å². The number of methoxy groups -OCH3 is 1. The van der Waals surface area contributed by atoms with E-state index in [1.54, 1.807) is 7.11 Å². The minimum absolute atomic E-state index is 0.505. The molecule has 0 aliphatic carbocycles. The smallest absolute Gasteiger partial charge is 0.108 e. The van der Waals surface area contributed by atoms with Gasteiger partial charge in [0.05, 0.1) is 18.8 Å². The molecule has 0 spiro atoms. The molecule has 20 heavy (non-hydrogen) atoms. The van der Waals surface area contributed by atoms with Gasteiger partial charge in [-0.05, 0) is 25.2 Å². The first-order chi connectivity index (χ1) is 9.72. The van der Waals surface area contributed by atoms with E-state index in [2.05, 4.69) is 29.1 Å². The number of likely N-dealkylation sites (tertiary alicyclic amines) is 1. The van der Waals surface area contributed by atoms with Gasteiger partial charge < -0.3 is 9.64 Å². The molecule has 0 bridgehead atoms. The number of piperidine rings is 1. The van der Waals surface area contributed by atoms with Crippen molar-refractivity contribution in [2.45, 2.75) is 52.2 Å². The van der Waals surface area contributed by atoms with Crippen LogP contribution >= 0.6 is 0 Å². The predicted molar refractivity (Wildman–Crippen MR) is 79.5 cm³/mol. The van der Waals surface area contributed by atoms with Crippen LogP contribution in [0.4, 0.5) is 0 Å². The van der Waals surface area contributed by atoms with Crippen LogP contribution in [0.3, 0.4) is 0 Å². The first-order valence-corrected chi connectivity index (χ1v) is 7.85. The Hall–Kier alpha value is -0.940. The van der Waals surface area contributed by atoms with Crippen molar-refractivity contribution >= 4 is 0 Å². The summed E-state index contributed by atoms with van der Waals surface area (Å²) in [5, 5.41) is 8.39. The van der Waals surface area contributed by atoms with E-state index in [1.165, 1.54) is 45.3 Å². The molecule has 0 radical (unpaired) electrons. The maximum atomic E-state index is 5.09. The third-order valence-electron chi connectivity index (χ3n) is 4.13. The standard InChI is InChI=1S/C15H28N4O/c1-4-5-13(2)10-18-8-6-15(7-9-18)19-11-14(12-20-3)16-17-19/h11,13,15H,4-10,12H2,1-3H3/t13-/m0/s1. The van der Waals surface area contributed by atoms with E-state index in [0.717, 1.165) is 11.6 Å². The molecule has 2 heterocycles. The molecule has 5 nitrogen and oxygen atoms in total. The van der Waals surface area contributed by atoms with Crippen molar-refractivity contribution in [1.29, 1.82) is 0 Å². The second-order valence-electron chi connectivity index (χ2n) is 6.05. The van der Waals surface area contributed by atoms with Crippen LogP contribution in [0.15, 0.2) is 6.20 Å². The number of aromatic nitrogens is 3. The molecule has 1 fully saturated rings. The van der Waals surface area contributed by atoms with Crippen LogP contribution in [0.5, 0.6) is 0 Å². The first kappa shape index (κ1) is 15.4. The van der Waals surface area contributed by atoms with Gasteiger partial charge in [-0.25, -0.2) is 4.68 Å². The van der Waals surface area contributed by atoms with Crippen molar-refractivity contribution in [1.82, 2.24) is 19.9 Å². The number of hydrogen-bond donors (Lipinski definition) is 0. The second kappa shape index (κ2) is 7.74. The zero-order chi connectivity index (χ0) is 14.4. The van der Waals surface area contributed by atoms with Crippen LogP contribution in [0.2, 0.25) is 0 Å². The van der Waals surface area contributed by atoms with Crippen molar-refractivity contribution in [2.24, 2.45) is 5.92 Å². The minimum Gasteiger partial charge on any atom is -0.378 e. The van der Waals surface area contributed by atoms with Crippen LogP contribution in [-0.4, -0.2) is 46.6 Å². The highest BCUT2D eigenvalue weighted by Gasteiger charge is 2.22. The molecular formula is C15H28N4O. The molecule has 1 aliphatic rings. The summed E-state index contributed by atoms with van der Waals surface area (Å²) in [4.78, 5) is 2.60. The van der Waals surface area contributed by atoms with Crippen molar-refractivity contribution in [3.63, 3.8) is 0 Å². The quantitative estimate of drug-likeness (QED) is 0.769. The molecular weight excluding hydrogens is 252 g/mol. The van der Waals surface area contributed by atoms with E-state index >= 15 is 0 Å². The molecule has 0 aromatic carbocycles. The van der Waals surface area contributed by atoms with E-state index in [-0.39, 0.29) is 0 Å². The first-order valence-electron chi connectivity index (χ1n) is 7.85. The number of hydrogen-bond acceptors (Lipinski definition) is 4. The van der Waals surface area contributed by atoms with Gasteiger partial charge in [-0.2, -0.15) is 0 Å². The lowest BCUT2D eigenvalue weighted by Gasteiger charge is -2.33. The highest BCUT2D eigenvalue weighted by Crippen LogP contribution is 2.23. The second-order valence-corrected chi connectivity index (χ2v) is 6.05. The van der Waals surface area contributed by atoms with Gasteiger partial charge in [0.2, 0.25) is 0 Å². The van der Waals surface area contributed by atoms with Crippen molar-refractivity contribution < 1.29 is 4.74 Å². The summed E-state index contributed by atoms with van der Waals surface area (Å²) in [5.74, 6) is 0.816. The summed E-state index contributed by atoms with van der Waals surface area (Å²) in [7, 11) is 1.69. The summed E-state index contributed by atoms with van der Waals surface area (Å²) in [5.41, 5.74) is 0.923. The molecule has 0 unspecified atom stereocenters. The van der Waals surface area contributed by atoms with Gasteiger partial charge in [0.1, 0.15) is 5.69 Å². The highest BCUT2D eigenvalue weighted by molar-refractivity contribution is 4.92. The average molecular weight is 280 g/mol. The van der Waals surface area contributed by atoms with Gasteiger partial charge in [-0.15, -0.1) is 5.10 Å². The topological polar surface area (TPSA) is 43.2 Å². The Morgan fingerprint density at radius 3 is 2.80 bits per heavy atom. The highest BCUT2D eigenvalue weighted by atomic mass is 16.5. The third-order valence-corrected chi connectivity index (χ3v) is 4.13. The van der Waals surface area contributed by atoms with E-state index in [9.17, 15) is 0 Å². The zero-order valence-corrected chi connectivity index (χ0v) is 13.1. The molecule has 0 amide bonds. The molecule has 5 heteroatoms. The molecule has 1 saturated heterocycles. The summed E-state index contributed by atoms with van der Waals surface area (Å²) in [6.07, 6.45) is 7.01. The normalized spacial score (nSPS) is 19.4. The third kappa shape index (κ3) is 4.28. The van der Waals surface area contributed by atoms with Crippen molar-refractivity contribution in [3.8, 4) is 0 Å². The Morgan fingerprint density at radius 1 is 1.40 bits per heavy atom. The number of ether oxygens (including phenoxy) is 1. The van der Waals surface area contributed by atoms with Gasteiger partial charge in [0, 0.05) is 26.7 Å². The summed E-state index contributed by atoms with van der Waals surface area (Å²) < 4.78 is 7.12. The van der Waals surface area contributed by atoms with Gasteiger partial charge in [0.15, 0.2) is 0 Å². The van der Waals surface area contributed by atoms with Crippen LogP contribution < -0.4 is 0 Å². The Labute approximate surface area is 122 Å². The fourth-order valence-electron chi connectivity index (χ4n) is 3.10. The maximum absolute atomic E-state index is 5.09. The molecule has 1 aromatic rings. The zero-order valence-electron chi connectivity index (χ0n) is 13.1. The lowest BCUT2D eigenvalue weighted by molar-refractivity contribution is 0.157. The number of nitrogens with zero attached hydrogens (tertiary/aromatic N) is 4. The van der Waals surface area contributed by atoms with E-state index < -0.39 is 0 Å². The molecule has 114 valence electrons. The lowest BCUT2D eigenvalue weighted by Crippen LogP contribution is -2.37.